The van der Waals surface area contributed by atoms with Crippen LogP contribution in [0, 0.1) is 6.92 Å². The standard InChI is InChI=1S/C17H24ClN5OS/c1-4-6-8-23(9-7-5-2)17(24)16-19-11-15(25-16)22-14-10-13(18)20-12(3)21-14/h10-11H,4-9H2,1-3H3,(H,20,21,22). The molecule has 0 saturated heterocycles. The van der Waals surface area contributed by atoms with Gasteiger partial charge in [0.25, 0.3) is 5.91 Å². The third-order valence-electron chi connectivity index (χ3n) is 3.60. The number of rotatable bonds is 9. The van der Waals surface area contributed by atoms with Crippen LogP contribution in [-0.2, 0) is 0 Å². The summed E-state index contributed by atoms with van der Waals surface area (Å²) < 4.78 is 0. The van der Waals surface area contributed by atoms with Crippen LogP contribution in [0.3, 0.4) is 0 Å². The van der Waals surface area contributed by atoms with Gasteiger partial charge in [0.2, 0.25) is 0 Å². The van der Waals surface area contributed by atoms with Crippen molar-refractivity contribution < 1.29 is 4.79 Å². The number of anilines is 2. The van der Waals surface area contributed by atoms with Crippen LogP contribution >= 0.6 is 22.9 Å². The second-order valence-electron chi connectivity index (χ2n) is 5.78. The average molecular weight is 382 g/mol. The second-order valence-corrected chi connectivity index (χ2v) is 7.19. The Bertz CT molecular complexity index is 678. The number of nitrogens with zero attached hydrogens (tertiary/aromatic N) is 4. The van der Waals surface area contributed by atoms with Crippen LogP contribution in [0.15, 0.2) is 12.3 Å². The van der Waals surface area contributed by atoms with Gasteiger partial charge in [-0.05, 0) is 19.8 Å². The lowest BCUT2D eigenvalue weighted by molar-refractivity contribution is 0.0750. The lowest BCUT2D eigenvalue weighted by atomic mass is 10.2. The summed E-state index contributed by atoms with van der Waals surface area (Å²) >= 11 is 7.27. The normalized spacial score (nSPS) is 10.7. The van der Waals surface area contributed by atoms with E-state index in [1.54, 1.807) is 19.2 Å². The summed E-state index contributed by atoms with van der Waals surface area (Å²) in [5.41, 5.74) is 0. The fraction of sp³-hybridized carbons (Fsp3) is 0.529. The van der Waals surface area contributed by atoms with Crippen LogP contribution in [0.4, 0.5) is 10.8 Å². The van der Waals surface area contributed by atoms with E-state index in [0.29, 0.717) is 21.8 Å². The molecule has 2 aromatic rings. The number of hydrogen-bond acceptors (Lipinski definition) is 6. The Balaban J connectivity index is 2.08. The molecule has 1 N–H and O–H groups in total. The van der Waals surface area contributed by atoms with Crippen molar-refractivity contribution in [3.8, 4) is 0 Å². The van der Waals surface area contributed by atoms with E-state index in [0.717, 1.165) is 43.8 Å². The summed E-state index contributed by atoms with van der Waals surface area (Å²) in [5, 5.41) is 4.76. The molecule has 0 spiro atoms. The van der Waals surface area contributed by atoms with Crippen LogP contribution in [0.25, 0.3) is 0 Å². The molecule has 0 aliphatic rings. The molecule has 2 aromatic heterocycles. The highest BCUT2D eigenvalue weighted by Gasteiger charge is 2.18. The maximum absolute atomic E-state index is 12.7. The highest BCUT2D eigenvalue weighted by atomic mass is 35.5. The number of thiazole rings is 1. The molecule has 0 aromatic carbocycles. The summed E-state index contributed by atoms with van der Waals surface area (Å²) in [6.07, 6.45) is 5.79. The predicted octanol–water partition coefficient (Wildman–Crippen LogP) is 4.68. The van der Waals surface area contributed by atoms with Gasteiger partial charge in [-0.1, -0.05) is 49.6 Å². The molecule has 2 heterocycles. The van der Waals surface area contributed by atoms with Crippen molar-refractivity contribution in [2.24, 2.45) is 0 Å². The van der Waals surface area contributed by atoms with Crippen LogP contribution in [0.5, 0.6) is 0 Å². The largest absolute Gasteiger partial charge is 0.337 e. The molecule has 1 amide bonds. The maximum atomic E-state index is 12.7. The molecule has 0 unspecified atom stereocenters. The molecule has 0 atom stereocenters. The van der Waals surface area contributed by atoms with Gasteiger partial charge in [0, 0.05) is 19.2 Å². The van der Waals surface area contributed by atoms with E-state index in [2.05, 4.69) is 34.1 Å². The van der Waals surface area contributed by atoms with Crippen molar-refractivity contribution in [3.05, 3.63) is 28.2 Å². The minimum atomic E-state index is -0.00292. The first kappa shape index (κ1) is 19.6. The zero-order valence-corrected chi connectivity index (χ0v) is 16.5. The van der Waals surface area contributed by atoms with Crippen LogP contribution in [0.2, 0.25) is 5.15 Å². The van der Waals surface area contributed by atoms with E-state index < -0.39 is 0 Å². The summed E-state index contributed by atoms with van der Waals surface area (Å²) in [4.78, 5) is 27.2. The third kappa shape index (κ3) is 5.93. The Hall–Kier alpha value is -1.73. The van der Waals surface area contributed by atoms with Gasteiger partial charge in [-0.3, -0.25) is 4.79 Å². The lowest BCUT2D eigenvalue weighted by Gasteiger charge is -2.21. The van der Waals surface area contributed by atoms with Crippen molar-refractivity contribution in [2.45, 2.75) is 46.5 Å². The summed E-state index contributed by atoms with van der Waals surface area (Å²) in [6.45, 7) is 7.58. The molecule has 0 radical (unpaired) electrons. The number of aromatic nitrogens is 3. The van der Waals surface area contributed by atoms with E-state index in [9.17, 15) is 4.79 Å². The van der Waals surface area contributed by atoms with Gasteiger partial charge < -0.3 is 10.2 Å². The smallest absolute Gasteiger partial charge is 0.282 e. The quantitative estimate of drug-likeness (QED) is 0.638. The number of aryl methyl sites for hydroxylation is 1. The van der Waals surface area contributed by atoms with Crippen molar-refractivity contribution in [3.63, 3.8) is 0 Å². The van der Waals surface area contributed by atoms with Gasteiger partial charge in [0.15, 0.2) is 5.01 Å². The first-order valence-corrected chi connectivity index (χ1v) is 9.76. The number of hydrogen-bond donors (Lipinski definition) is 1. The van der Waals surface area contributed by atoms with Crippen molar-refractivity contribution in [2.75, 3.05) is 18.4 Å². The molecular weight excluding hydrogens is 358 g/mol. The van der Waals surface area contributed by atoms with Gasteiger partial charge in [-0.15, -0.1) is 0 Å². The lowest BCUT2D eigenvalue weighted by Crippen LogP contribution is -2.32. The van der Waals surface area contributed by atoms with E-state index >= 15 is 0 Å². The Morgan fingerprint density at radius 1 is 1.24 bits per heavy atom. The first-order chi connectivity index (χ1) is 12.0. The number of nitrogens with one attached hydrogen (secondary N) is 1. The highest BCUT2D eigenvalue weighted by Crippen LogP contribution is 2.24. The number of carbonyl (C=O) groups is 1. The van der Waals surface area contributed by atoms with E-state index in [1.807, 2.05) is 4.90 Å². The van der Waals surface area contributed by atoms with Crippen LogP contribution in [-0.4, -0.2) is 38.8 Å². The molecule has 6 nitrogen and oxygen atoms in total. The summed E-state index contributed by atoms with van der Waals surface area (Å²) in [5.74, 6) is 1.17. The highest BCUT2D eigenvalue weighted by molar-refractivity contribution is 7.17. The minimum absolute atomic E-state index is 0.00292. The number of unbranched alkanes of at least 4 members (excludes halogenated alkanes) is 2. The predicted molar refractivity (Wildman–Crippen MR) is 103 cm³/mol. The molecule has 0 fully saturated rings. The Labute approximate surface area is 157 Å². The summed E-state index contributed by atoms with van der Waals surface area (Å²) in [6, 6.07) is 1.64. The first-order valence-electron chi connectivity index (χ1n) is 8.56. The van der Waals surface area contributed by atoms with Gasteiger partial charge in [0.1, 0.15) is 21.8 Å². The topological polar surface area (TPSA) is 71.0 Å². The monoisotopic (exact) mass is 381 g/mol. The molecule has 25 heavy (non-hydrogen) atoms. The summed E-state index contributed by atoms with van der Waals surface area (Å²) in [7, 11) is 0. The zero-order valence-electron chi connectivity index (χ0n) is 14.9. The Kier molecular flexibility index (Phi) is 7.58. The minimum Gasteiger partial charge on any atom is -0.337 e. The maximum Gasteiger partial charge on any atom is 0.282 e. The number of carbonyl (C=O) groups excluding carboxylic acids is 1. The molecular formula is C17H24ClN5OS. The van der Waals surface area contributed by atoms with Gasteiger partial charge in [-0.2, -0.15) is 0 Å². The van der Waals surface area contributed by atoms with Crippen molar-refractivity contribution in [1.82, 2.24) is 19.9 Å². The van der Waals surface area contributed by atoms with Crippen molar-refractivity contribution >= 4 is 39.7 Å². The van der Waals surface area contributed by atoms with Crippen LogP contribution in [0.1, 0.15) is 55.2 Å². The fourth-order valence-corrected chi connectivity index (χ4v) is 3.32. The molecule has 0 bridgehead atoms. The van der Waals surface area contributed by atoms with Gasteiger partial charge in [0.05, 0.1) is 6.20 Å². The van der Waals surface area contributed by atoms with Crippen molar-refractivity contribution in [1.29, 1.82) is 0 Å². The fourth-order valence-electron chi connectivity index (χ4n) is 2.30. The Morgan fingerprint density at radius 3 is 2.52 bits per heavy atom. The SMILES string of the molecule is CCCCN(CCCC)C(=O)c1ncc(Nc2cc(Cl)nc(C)n2)s1. The number of halogens is 1. The molecule has 8 heteroatoms. The second kappa shape index (κ2) is 9.68. The van der Waals surface area contributed by atoms with Crippen LogP contribution < -0.4 is 5.32 Å². The molecule has 2 rings (SSSR count). The van der Waals surface area contributed by atoms with E-state index in [1.165, 1.54) is 11.3 Å². The third-order valence-corrected chi connectivity index (χ3v) is 4.69. The van der Waals surface area contributed by atoms with E-state index in [4.69, 9.17) is 11.6 Å². The van der Waals surface area contributed by atoms with Gasteiger partial charge in [-0.25, -0.2) is 15.0 Å². The zero-order chi connectivity index (χ0) is 18.2. The van der Waals surface area contributed by atoms with Gasteiger partial charge >= 0.3 is 0 Å². The molecule has 0 aliphatic heterocycles. The molecule has 0 aliphatic carbocycles. The Morgan fingerprint density at radius 2 is 1.92 bits per heavy atom. The molecule has 0 saturated carbocycles. The van der Waals surface area contributed by atoms with E-state index in [-0.39, 0.29) is 5.91 Å². The average Bonchev–Trinajstić information content (AvgIpc) is 3.02. The number of amides is 1. The molecule has 136 valence electrons.